The molecule has 1 aliphatic heterocycles. The molecular formula is C26H35N5O. The zero-order valence-electron chi connectivity index (χ0n) is 19.9. The molecule has 6 heteroatoms. The first-order chi connectivity index (χ1) is 15.4. The first kappa shape index (κ1) is 23.7. The lowest BCUT2D eigenvalue weighted by atomic mass is 10.0. The van der Waals surface area contributed by atoms with E-state index in [9.17, 15) is 4.79 Å². The van der Waals surface area contributed by atoms with E-state index in [0.717, 1.165) is 35.5 Å². The Morgan fingerprint density at radius 1 is 1.09 bits per heavy atom. The number of nitrogens with one attached hydrogen (secondary N) is 2. The maximum atomic E-state index is 12.8. The molecule has 1 aliphatic rings. The third-order valence-corrected chi connectivity index (χ3v) is 5.80. The van der Waals surface area contributed by atoms with Crippen LogP contribution in [0.2, 0.25) is 0 Å². The van der Waals surface area contributed by atoms with Gasteiger partial charge < -0.3 is 15.6 Å². The minimum absolute atomic E-state index is 0.102. The van der Waals surface area contributed by atoms with Crippen LogP contribution in [0.4, 0.5) is 5.69 Å². The Balaban J connectivity index is 0.000000668. The van der Waals surface area contributed by atoms with Crippen LogP contribution >= 0.6 is 0 Å². The van der Waals surface area contributed by atoms with Crippen LogP contribution in [0.5, 0.6) is 0 Å². The van der Waals surface area contributed by atoms with Gasteiger partial charge in [-0.25, -0.2) is 4.98 Å². The number of aryl methyl sites for hydroxylation is 1. The van der Waals surface area contributed by atoms with Crippen molar-refractivity contribution < 1.29 is 0 Å². The van der Waals surface area contributed by atoms with Crippen molar-refractivity contribution in [3.05, 3.63) is 64.1 Å². The fourth-order valence-electron chi connectivity index (χ4n) is 3.92. The van der Waals surface area contributed by atoms with Crippen LogP contribution in [0.25, 0.3) is 16.9 Å². The summed E-state index contributed by atoms with van der Waals surface area (Å²) in [6.45, 7) is 12.5. The number of benzene rings is 1. The van der Waals surface area contributed by atoms with Crippen molar-refractivity contribution in [2.45, 2.75) is 59.5 Å². The van der Waals surface area contributed by atoms with E-state index in [-0.39, 0.29) is 5.56 Å². The van der Waals surface area contributed by atoms with Crippen LogP contribution in [0.15, 0.2) is 47.4 Å². The van der Waals surface area contributed by atoms with Gasteiger partial charge in [-0.1, -0.05) is 38.8 Å². The lowest BCUT2D eigenvalue weighted by molar-refractivity contribution is 0.407. The largest absolute Gasteiger partial charge is 0.367 e. The first-order valence-corrected chi connectivity index (χ1v) is 11.5. The number of anilines is 1. The van der Waals surface area contributed by atoms with E-state index in [1.54, 1.807) is 10.5 Å². The second kappa shape index (κ2) is 10.6. The SMILES string of the molecule is CCCC.Cc1ccc(-c2cc(=O)n3cc(N4CC(C)N[C@@H](C)C4)ccc3n2)cc1C=N. The number of fused-ring (bicyclic) bond motifs is 1. The predicted molar refractivity (Wildman–Crippen MR) is 134 cm³/mol. The van der Waals surface area contributed by atoms with Gasteiger partial charge in [0.05, 0.1) is 11.4 Å². The Labute approximate surface area is 190 Å². The summed E-state index contributed by atoms with van der Waals surface area (Å²) in [5, 5.41) is 11.1. The van der Waals surface area contributed by atoms with Crippen molar-refractivity contribution in [3.63, 3.8) is 0 Å². The van der Waals surface area contributed by atoms with E-state index in [1.807, 2.05) is 43.5 Å². The summed E-state index contributed by atoms with van der Waals surface area (Å²) in [5.41, 5.74) is 4.89. The molecule has 32 heavy (non-hydrogen) atoms. The highest BCUT2D eigenvalue weighted by molar-refractivity contribution is 5.82. The molecule has 4 rings (SSSR count). The molecule has 3 aromatic rings. The molecule has 170 valence electrons. The average molecular weight is 434 g/mol. The van der Waals surface area contributed by atoms with Crippen molar-refractivity contribution in [1.29, 1.82) is 5.41 Å². The van der Waals surface area contributed by atoms with Gasteiger partial charge in [0.25, 0.3) is 5.56 Å². The summed E-state index contributed by atoms with van der Waals surface area (Å²) in [4.78, 5) is 19.8. The number of rotatable bonds is 4. The van der Waals surface area contributed by atoms with Crippen LogP contribution in [0.3, 0.4) is 0 Å². The van der Waals surface area contributed by atoms with Crippen LogP contribution in [0, 0.1) is 12.3 Å². The smallest absolute Gasteiger partial charge is 0.258 e. The van der Waals surface area contributed by atoms with Gasteiger partial charge in [0.1, 0.15) is 5.65 Å². The second-order valence-corrected chi connectivity index (χ2v) is 8.68. The Kier molecular flexibility index (Phi) is 7.80. The molecule has 0 aliphatic carbocycles. The molecule has 2 aromatic heterocycles. The Hall–Kier alpha value is -2.99. The zero-order chi connectivity index (χ0) is 23.3. The number of hydrogen-bond donors (Lipinski definition) is 2. The first-order valence-electron chi connectivity index (χ1n) is 11.5. The van der Waals surface area contributed by atoms with E-state index in [4.69, 9.17) is 5.41 Å². The zero-order valence-corrected chi connectivity index (χ0v) is 19.9. The van der Waals surface area contributed by atoms with E-state index in [2.05, 4.69) is 42.9 Å². The molecule has 2 N–H and O–H groups in total. The third kappa shape index (κ3) is 5.43. The number of pyridine rings is 1. The van der Waals surface area contributed by atoms with Gasteiger partial charge in [-0.3, -0.25) is 9.20 Å². The van der Waals surface area contributed by atoms with Crippen molar-refractivity contribution >= 4 is 17.5 Å². The summed E-state index contributed by atoms with van der Waals surface area (Å²) in [6, 6.07) is 12.1. The van der Waals surface area contributed by atoms with Crippen LogP contribution < -0.4 is 15.8 Å². The monoisotopic (exact) mass is 433 g/mol. The fraction of sp³-hybridized carbons (Fsp3) is 0.423. The standard InChI is InChI=1S/C22H25N5O.C4H10/c1-14-4-5-17(8-18(14)10-23)20-9-22(28)27-13-19(6-7-21(27)25-20)26-11-15(2)24-16(3)12-26;1-3-4-2/h4-10,13,15-16,23-24H,11-12H2,1-3H3;3-4H2,1-2H3/t15-,16?;/m0./s1. The molecule has 3 heterocycles. The lowest BCUT2D eigenvalue weighted by Gasteiger charge is -2.37. The molecule has 6 nitrogen and oxygen atoms in total. The molecule has 2 atom stereocenters. The van der Waals surface area contributed by atoms with Gasteiger partial charge >= 0.3 is 0 Å². The molecule has 0 bridgehead atoms. The Bertz CT molecular complexity index is 1120. The van der Waals surface area contributed by atoms with Crippen molar-refractivity contribution in [1.82, 2.24) is 14.7 Å². The highest BCUT2D eigenvalue weighted by Gasteiger charge is 2.21. The van der Waals surface area contributed by atoms with Crippen LogP contribution in [-0.2, 0) is 0 Å². The number of aromatic nitrogens is 2. The van der Waals surface area contributed by atoms with E-state index in [1.165, 1.54) is 19.1 Å². The summed E-state index contributed by atoms with van der Waals surface area (Å²) >= 11 is 0. The fourth-order valence-corrected chi connectivity index (χ4v) is 3.92. The topological polar surface area (TPSA) is 73.5 Å². The number of piperazine rings is 1. The molecule has 1 saturated heterocycles. The third-order valence-electron chi connectivity index (χ3n) is 5.80. The second-order valence-electron chi connectivity index (χ2n) is 8.68. The van der Waals surface area contributed by atoms with Crippen LogP contribution in [0.1, 0.15) is 51.7 Å². The molecule has 0 saturated carbocycles. The molecule has 1 fully saturated rings. The molecule has 1 unspecified atom stereocenters. The van der Waals surface area contributed by atoms with Gasteiger partial charge in [0.15, 0.2) is 0 Å². The maximum absolute atomic E-state index is 12.8. The Morgan fingerprint density at radius 3 is 2.41 bits per heavy atom. The quantitative estimate of drug-likeness (QED) is 0.587. The minimum atomic E-state index is -0.102. The Morgan fingerprint density at radius 2 is 1.78 bits per heavy atom. The van der Waals surface area contributed by atoms with Gasteiger partial charge in [-0.05, 0) is 50.1 Å². The van der Waals surface area contributed by atoms with Crippen molar-refractivity contribution in [2.24, 2.45) is 0 Å². The van der Waals surface area contributed by atoms with Gasteiger partial charge in [-0.2, -0.15) is 0 Å². The van der Waals surface area contributed by atoms with Crippen molar-refractivity contribution in [3.8, 4) is 11.3 Å². The molecule has 1 aromatic carbocycles. The van der Waals surface area contributed by atoms with Gasteiger partial charge in [0, 0.05) is 49.2 Å². The molecular weight excluding hydrogens is 398 g/mol. The maximum Gasteiger partial charge on any atom is 0.258 e. The van der Waals surface area contributed by atoms with E-state index < -0.39 is 0 Å². The molecule has 0 amide bonds. The number of unbranched alkanes of at least 4 members (excludes halogenated alkanes) is 1. The normalized spacial score (nSPS) is 18.2. The van der Waals surface area contributed by atoms with Gasteiger partial charge in [-0.15, -0.1) is 0 Å². The predicted octanol–water partition coefficient (Wildman–Crippen LogP) is 4.66. The molecule has 0 spiro atoms. The van der Waals surface area contributed by atoms with E-state index >= 15 is 0 Å². The lowest BCUT2D eigenvalue weighted by Crippen LogP contribution is -2.54. The van der Waals surface area contributed by atoms with E-state index in [0.29, 0.717) is 23.4 Å². The highest BCUT2D eigenvalue weighted by Crippen LogP contribution is 2.22. The summed E-state index contributed by atoms with van der Waals surface area (Å²) < 4.78 is 1.61. The van der Waals surface area contributed by atoms with Gasteiger partial charge in [0.2, 0.25) is 0 Å². The van der Waals surface area contributed by atoms with Crippen LogP contribution in [-0.4, -0.2) is 40.8 Å². The van der Waals surface area contributed by atoms with Crippen molar-refractivity contribution in [2.75, 3.05) is 18.0 Å². The summed E-state index contributed by atoms with van der Waals surface area (Å²) in [5.74, 6) is 0. The number of hydrogen-bond acceptors (Lipinski definition) is 5. The average Bonchev–Trinajstić information content (AvgIpc) is 2.78. The molecule has 0 radical (unpaired) electrons. The highest BCUT2D eigenvalue weighted by atomic mass is 16.1. The summed E-state index contributed by atoms with van der Waals surface area (Å²) in [6.07, 6.45) is 5.85. The number of nitrogens with zero attached hydrogens (tertiary/aromatic N) is 3. The summed E-state index contributed by atoms with van der Waals surface area (Å²) in [7, 11) is 0. The minimum Gasteiger partial charge on any atom is -0.367 e.